The second kappa shape index (κ2) is 4.03. The topological polar surface area (TPSA) is 12.9 Å². The van der Waals surface area contributed by atoms with Gasteiger partial charge in [-0.2, -0.15) is 13.2 Å². The van der Waals surface area contributed by atoms with Crippen LogP contribution in [0.2, 0.25) is 0 Å². The van der Waals surface area contributed by atoms with E-state index in [0.29, 0.717) is 0 Å². The summed E-state index contributed by atoms with van der Waals surface area (Å²) in [6, 6.07) is 0.782. The van der Waals surface area contributed by atoms with Gasteiger partial charge in [-0.3, -0.25) is 0 Å². The predicted molar refractivity (Wildman–Crippen MR) is 46.6 cm³/mol. The van der Waals surface area contributed by atoms with Crippen molar-refractivity contribution in [3.63, 3.8) is 0 Å². The van der Waals surface area contributed by atoms with Gasteiger partial charge < -0.3 is 0 Å². The summed E-state index contributed by atoms with van der Waals surface area (Å²) in [5.41, 5.74) is -2.41. The van der Waals surface area contributed by atoms with Crippen LogP contribution in [0.1, 0.15) is 23.2 Å². The van der Waals surface area contributed by atoms with Crippen molar-refractivity contribution in [1.82, 2.24) is 4.98 Å². The van der Waals surface area contributed by atoms with Gasteiger partial charge >= 0.3 is 6.18 Å². The molecule has 0 saturated heterocycles. The quantitative estimate of drug-likeness (QED) is 0.560. The van der Waals surface area contributed by atoms with E-state index in [1.54, 1.807) is 0 Å². The minimum atomic E-state index is -4.87. The summed E-state index contributed by atoms with van der Waals surface area (Å²) in [4.78, 5) is 3.08. The second-order valence-electron chi connectivity index (χ2n) is 2.83. The normalized spacial score (nSPS) is 12.3. The Balaban J connectivity index is 3.42. The highest BCUT2D eigenvalue weighted by atomic mass is 79.9. The van der Waals surface area contributed by atoms with Crippen LogP contribution >= 0.6 is 15.9 Å². The van der Waals surface area contributed by atoms with E-state index < -0.39 is 23.9 Å². The highest BCUT2D eigenvalue weighted by Crippen LogP contribution is 2.36. The van der Waals surface area contributed by atoms with Crippen LogP contribution in [0.5, 0.6) is 0 Å². The molecule has 1 aromatic heterocycles. The minimum absolute atomic E-state index is 0.0841. The molecule has 0 N–H and O–H groups in total. The molecule has 0 aromatic carbocycles. The molecule has 0 aliphatic carbocycles. The lowest BCUT2D eigenvalue weighted by Gasteiger charge is -2.12. The summed E-state index contributed by atoms with van der Waals surface area (Å²) < 4.78 is 61.5. The highest BCUT2D eigenvalue weighted by molar-refractivity contribution is 9.10. The van der Waals surface area contributed by atoms with Crippen LogP contribution in [0.15, 0.2) is 10.7 Å². The average molecular weight is 290 g/mol. The first-order valence-corrected chi connectivity index (χ1v) is 4.55. The molecule has 0 radical (unpaired) electrons. The number of aryl methyl sites for hydroxylation is 1. The zero-order valence-corrected chi connectivity index (χ0v) is 8.96. The molecule has 0 spiro atoms. The molecule has 0 unspecified atom stereocenters. The van der Waals surface area contributed by atoms with Crippen molar-refractivity contribution in [3.05, 3.63) is 27.5 Å². The maximum absolute atomic E-state index is 12.3. The zero-order chi connectivity index (χ0) is 11.8. The number of pyridine rings is 1. The van der Waals surface area contributed by atoms with Crippen LogP contribution in [0.25, 0.3) is 0 Å². The SMILES string of the molecule is Cc1cc(C(F)F)c(C(F)(F)F)nc1Br. The lowest BCUT2D eigenvalue weighted by Crippen LogP contribution is -2.13. The molecule has 84 valence electrons. The van der Waals surface area contributed by atoms with E-state index >= 15 is 0 Å². The Morgan fingerprint density at radius 3 is 2.27 bits per heavy atom. The standard InChI is InChI=1S/C8H5BrF5N/c1-3-2-4(7(10)11)5(8(12,13)14)15-6(3)9/h2,7H,1H3. The molecule has 0 atom stereocenters. The second-order valence-corrected chi connectivity index (χ2v) is 3.58. The van der Waals surface area contributed by atoms with Gasteiger partial charge in [0.15, 0.2) is 5.69 Å². The molecule has 0 aliphatic heterocycles. The molecule has 1 rings (SSSR count). The molecule has 15 heavy (non-hydrogen) atoms. The summed E-state index contributed by atoms with van der Waals surface area (Å²) in [7, 11) is 0. The Hall–Kier alpha value is -0.720. The molecule has 7 heteroatoms. The fraction of sp³-hybridized carbons (Fsp3) is 0.375. The fourth-order valence-electron chi connectivity index (χ4n) is 1.01. The van der Waals surface area contributed by atoms with E-state index in [-0.39, 0.29) is 10.2 Å². The van der Waals surface area contributed by atoms with E-state index in [9.17, 15) is 22.0 Å². The van der Waals surface area contributed by atoms with Gasteiger partial charge in [-0.15, -0.1) is 0 Å². The van der Waals surface area contributed by atoms with Gasteiger partial charge in [0.05, 0.1) is 0 Å². The summed E-state index contributed by atoms with van der Waals surface area (Å²) in [6.07, 6.45) is -8.07. The van der Waals surface area contributed by atoms with Gasteiger partial charge in [0.1, 0.15) is 4.60 Å². The van der Waals surface area contributed by atoms with Crippen molar-refractivity contribution in [1.29, 1.82) is 0 Å². The maximum atomic E-state index is 12.3. The van der Waals surface area contributed by atoms with Crippen molar-refractivity contribution >= 4 is 15.9 Å². The predicted octanol–water partition coefficient (Wildman–Crippen LogP) is 4.11. The number of nitrogens with zero attached hydrogens (tertiary/aromatic N) is 1. The summed E-state index contributed by atoms with van der Waals surface area (Å²) in [5.74, 6) is 0. The smallest absolute Gasteiger partial charge is 0.236 e. The maximum Gasteiger partial charge on any atom is 0.433 e. The van der Waals surface area contributed by atoms with Gasteiger partial charge in [0, 0.05) is 5.56 Å². The first kappa shape index (κ1) is 12.4. The van der Waals surface area contributed by atoms with Crippen molar-refractivity contribution < 1.29 is 22.0 Å². The van der Waals surface area contributed by atoms with Gasteiger partial charge in [-0.05, 0) is 34.5 Å². The number of rotatable bonds is 1. The third kappa shape index (κ3) is 2.64. The third-order valence-corrected chi connectivity index (χ3v) is 2.49. The van der Waals surface area contributed by atoms with Crippen LogP contribution < -0.4 is 0 Å². The molecule has 0 saturated carbocycles. The Morgan fingerprint density at radius 1 is 1.33 bits per heavy atom. The number of alkyl halides is 5. The monoisotopic (exact) mass is 289 g/mol. The molecule has 0 aliphatic rings. The number of hydrogen-bond acceptors (Lipinski definition) is 1. The molecule has 1 nitrogen and oxygen atoms in total. The molecule has 0 amide bonds. The molecule has 1 heterocycles. The van der Waals surface area contributed by atoms with Crippen molar-refractivity contribution in [2.75, 3.05) is 0 Å². The number of halogens is 6. The van der Waals surface area contributed by atoms with Crippen molar-refractivity contribution in [2.45, 2.75) is 19.5 Å². The third-order valence-electron chi connectivity index (χ3n) is 1.68. The number of hydrogen-bond donors (Lipinski definition) is 0. The van der Waals surface area contributed by atoms with Crippen LogP contribution in [0.3, 0.4) is 0 Å². The minimum Gasteiger partial charge on any atom is -0.236 e. The van der Waals surface area contributed by atoms with E-state index in [4.69, 9.17) is 0 Å². The van der Waals surface area contributed by atoms with E-state index in [2.05, 4.69) is 20.9 Å². The van der Waals surface area contributed by atoms with E-state index in [1.165, 1.54) is 6.92 Å². The van der Waals surface area contributed by atoms with Crippen LogP contribution in [-0.4, -0.2) is 4.98 Å². The van der Waals surface area contributed by atoms with Gasteiger partial charge in [0.25, 0.3) is 6.43 Å². The number of aromatic nitrogens is 1. The summed E-state index contributed by atoms with van der Waals surface area (Å²) in [6.45, 7) is 1.39. The zero-order valence-electron chi connectivity index (χ0n) is 7.37. The Labute approximate surface area is 90.4 Å². The first-order valence-electron chi connectivity index (χ1n) is 3.76. The van der Waals surface area contributed by atoms with Gasteiger partial charge in [0.2, 0.25) is 0 Å². The van der Waals surface area contributed by atoms with Crippen LogP contribution in [0, 0.1) is 6.92 Å². The van der Waals surface area contributed by atoms with Gasteiger partial charge in [-0.25, -0.2) is 13.8 Å². The Morgan fingerprint density at radius 2 is 1.87 bits per heavy atom. The van der Waals surface area contributed by atoms with E-state index in [0.717, 1.165) is 6.07 Å². The van der Waals surface area contributed by atoms with E-state index in [1.807, 2.05) is 0 Å². The molecule has 0 bridgehead atoms. The first-order chi connectivity index (χ1) is 6.73. The Bertz CT molecular complexity index is 374. The largest absolute Gasteiger partial charge is 0.433 e. The summed E-state index contributed by atoms with van der Waals surface area (Å²) >= 11 is 2.77. The lowest BCUT2D eigenvalue weighted by molar-refractivity contribution is -0.143. The molecule has 0 fully saturated rings. The average Bonchev–Trinajstić information content (AvgIpc) is 2.06. The summed E-state index contributed by atoms with van der Waals surface area (Å²) in [5, 5.41) is 0. The van der Waals surface area contributed by atoms with Crippen molar-refractivity contribution in [3.8, 4) is 0 Å². The lowest BCUT2D eigenvalue weighted by atomic mass is 10.1. The Kier molecular flexibility index (Phi) is 3.32. The fourth-order valence-corrected chi connectivity index (χ4v) is 1.30. The molecular formula is C8H5BrF5N. The van der Waals surface area contributed by atoms with Crippen LogP contribution in [-0.2, 0) is 6.18 Å². The molecular weight excluding hydrogens is 285 g/mol. The highest BCUT2D eigenvalue weighted by Gasteiger charge is 2.38. The van der Waals surface area contributed by atoms with Crippen LogP contribution in [0.4, 0.5) is 22.0 Å². The molecule has 1 aromatic rings. The van der Waals surface area contributed by atoms with Crippen molar-refractivity contribution in [2.24, 2.45) is 0 Å². The van der Waals surface area contributed by atoms with Gasteiger partial charge in [-0.1, -0.05) is 0 Å².